The number of aromatic nitrogens is 2. The minimum absolute atomic E-state index is 0.0284. The van der Waals surface area contributed by atoms with Gasteiger partial charge in [-0.05, 0) is 65.7 Å². The molecule has 180 valence electrons. The zero-order chi connectivity index (χ0) is 25.0. The third-order valence-electron chi connectivity index (χ3n) is 4.84. The number of nitrogens with zero attached hydrogens (tertiary/aromatic N) is 3. The number of hydrogen-bond donors (Lipinski definition) is 0. The summed E-state index contributed by atoms with van der Waals surface area (Å²) in [5.41, 5.74) is 1.00. The minimum atomic E-state index is -0.820. The SMILES string of the molecule is CCOC(=O)[C@@H](C)Oc1c(Br)cc(C=Nn2c(C(C)C)nc3ccc(Br)cc3c2=O)cc1OC. The fourth-order valence-electron chi connectivity index (χ4n) is 3.19. The highest BCUT2D eigenvalue weighted by Gasteiger charge is 2.21. The quantitative estimate of drug-likeness (QED) is 0.261. The van der Waals surface area contributed by atoms with E-state index in [9.17, 15) is 9.59 Å². The summed E-state index contributed by atoms with van der Waals surface area (Å²) in [5, 5.41) is 4.91. The molecule has 10 heteroatoms. The molecule has 0 radical (unpaired) electrons. The van der Waals surface area contributed by atoms with Crippen molar-refractivity contribution in [2.75, 3.05) is 13.7 Å². The van der Waals surface area contributed by atoms with Gasteiger partial charge in [-0.25, -0.2) is 9.78 Å². The van der Waals surface area contributed by atoms with Gasteiger partial charge in [-0.3, -0.25) is 4.79 Å². The number of carbonyl (C=O) groups is 1. The highest BCUT2D eigenvalue weighted by atomic mass is 79.9. The molecule has 0 saturated heterocycles. The summed E-state index contributed by atoms with van der Waals surface area (Å²) in [5.74, 6) is 0.796. The van der Waals surface area contributed by atoms with Crippen molar-refractivity contribution in [3.05, 3.63) is 61.0 Å². The van der Waals surface area contributed by atoms with Gasteiger partial charge in [0.1, 0.15) is 5.82 Å². The van der Waals surface area contributed by atoms with Crippen molar-refractivity contribution in [1.82, 2.24) is 9.66 Å². The van der Waals surface area contributed by atoms with Crippen molar-refractivity contribution >= 4 is 54.9 Å². The lowest BCUT2D eigenvalue weighted by Crippen LogP contribution is -2.26. The van der Waals surface area contributed by atoms with Crippen LogP contribution in [0.5, 0.6) is 11.5 Å². The van der Waals surface area contributed by atoms with E-state index in [1.807, 2.05) is 19.9 Å². The van der Waals surface area contributed by atoms with Gasteiger partial charge in [0.25, 0.3) is 5.56 Å². The van der Waals surface area contributed by atoms with Crippen LogP contribution in [0.3, 0.4) is 0 Å². The van der Waals surface area contributed by atoms with Crippen LogP contribution in [-0.4, -0.2) is 41.7 Å². The lowest BCUT2D eigenvalue weighted by molar-refractivity contribution is -0.150. The van der Waals surface area contributed by atoms with Gasteiger partial charge in [0.05, 0.1) is 35.3 Å². The van der Waals surface area contributed by atoms with Crippen LogP contribution in [0, 0.1) is 0 Å². The lowest BCUT2D eigenvalue weighted by atomic mass is 10.2. The molecular weight excluding hydrogens is 570 g/mol. The molecule has 3 rings (SSSR count). The Kier molecular flexibility index (Phi) is 8.48. The number of hydrogen-bond acceptors (Lipinski definition) is 7. The fraction of sp³-hybridized carbons (Fsp3) is 0.333. The number of halogens is 2. The topological polar surface area (TPSA) is 92.0 Å². The van der Waals surface area contributed by atoms with E-state index in [-0.39, 0.29) is 18.1 Å². The van der Waals surface area contributed by atoms with E-state index in [2.05, 4.69) is 41.9 Å². The monoisotopic (exact) mass is 593 g/mol. The van der Waals surface area contributed by atoms with Crippen LogP contribution in [0.1, 0.15) is 45.0 Å². The van der Waals surface area contributed by atoms with Crippen molar-refractivity contribution in [2.45, 2.75) is 39.7 Å². The number of esters is 1. The summed E-state index contributed by atoms with van der Waals surface area (Å²) >= 11 is 6.87. The van der Waals surface area contributed by atoms with Crippen molar-refractivity contribution < 1.29 is 19.0 Å². The molecular formula is C24H25Br2N3O5. The van der Waals surface area contributed by atoms with E-state index >= 15 is 0 Å². The molecule has 0 amide bonds. The van der Waals surface area contributed by atoms with Crippen LogP contribution >= 0.6 is 31.9 Å². The molecule has 1 aromatic heterocycles. The van der Waals surface area contributed by atoms with E-state index in [0.29, 0.717) is 38.3 Å². The van der Waals surface area contributed by atoms with Gasteiger partial charge in [-0.2, -0.15) is 9.78 Å². The molecule has 0 N–H and O–H groups in total. The summed E-state index contributed by atoms with van der Waals surface area (Å²) < 4.78 is 18.9. The van der Waals surface area contributed by atoms with Crippen LogP contribution in [-0.2, 0) is 9.53 Å². The van der Waals surface area contributed by atoms with Gasteiger partial charge < -0.3 is 14.2 Å². The van der Waals surface area contributed by atoms with Crippen LogP contribution in [0.4, 0.5) is 0 Å². The predicted octanol–water partition coefficient (Wildman–Crippen LogP) is 5.27. The average molecular weight is 595 g/mol. The summed E-state index contributed by atoms with van der Waals surface area (Å²) in [6, 6.07) is 8.84. The number of methoxy groups -OCH3 is 1. The molecule has 3 aromatic rings. The van der Waals surface area contributed by atoms with Gasteiger partial charge in [0.15, 0.2) is 17.6 Å². The summed E-state index contributed by atoms with van der Waals surface area (Å²) in [6.07, 6.45) is 0.727. The average Bonchev–Trinajstić information content (AvgIpc) is 2.79. The highest BCUT2D eigenvalue weighted by molar-refractivity contribution is 9.10. The number of fused-ring (bicyclic) bond motifs is 1. The molecule has 8 nitrogen and oxygen atoms in total. The number of carbonyl (C=O) groups excluding carboxylic acids is 1. The Hall–Kier alpha value is -2.72. The Labute approximate surface area is 214 Å². The maximum absolute atomic E-state index is 13.2. The van der Waals surface area contributed by atoms with E-state index < -0.39 is 12.1 Å². The van der Waals surface area contributed by atoms with Crippen molar-refractivity contribution in [2.24, 2.45) is 5.10 Å². The Balaban J connectivity index is 2.02. The maximum Gasteiger partial charge on any atom is 0.347 e. The Morgan fingerprint density at radius 1 is 1.21 bits per heavy atom. The molecule has 34 heavy (non-hydrogen) atoms. The van der Waals surface area contributed by atoms with Gasteiger partial charge in [0.2, 0.25) is 0 Å². The fourth-order valence-corrected chi connectivity index (χ4v) is 4.10. The number of benzene rings is 2. The third-order valence-corrected chi connectivity index (χ3v) is 5.92. The smallest absolute Gasteiger partial charge is 0.347 e. The molecule has 0 bridgehead atoms. The van der Waals surface area contributed by atoms with E-state index in [1.54, 1.807) is 44.3 Å². The van der Waals surface area contributed by atoms with Crippen molar-refractivity contribution in [1.29, 1.82) is 0 Å². The second-order valence-electron chi connectivity index (χ2n) is 7.69. The normalized spacial score (nSPS) is 12.4. The molecule has 0 fully saturated rings. The molecule has 0 saturated carbocycles. The van der Waals surface area contributed by atoms with Crippen LogP contribution in [0.15, 0.2) is 49.2 Å². The molecule has 1 atom stereocenters. The second-order valence-corrected chi connectivity index (χ2v) is 9.46. The molecule has 0 spiro atoms. The van der Waals surface area contributed by atoms with Gasteiger partial charge >= 0.3 is 5.97 Å². The van der Waals surface area contributed by atoms with E-state index in [4.69, 9.17) is 14.2 Å². The zero-order valence-electron chi connectivity index (χ0n) is 19.5. The highest BCUT2D eigenvalue weighted by Crippen LogP contribution is 2.37. The molecule has 2 aromatic carbocycles. The third kappa shape index (κ3) is 5.67. The molecule has 0 aliphatic rings. The second kappa shape index (κ2) is 11.1. The summed E-state index contributed by atoms with van der Waals surface area (Å²) in [4.78, 5) is 29.8. The standard InChI is InChI=1S/C24H25Br2N3O5/c1-6-33-24(31)14(4)34-21-18(26)9-15(10-20(21)32-5)12-27-29-22(13(2)3)28-19-8-7-16(25)11-17(19)23(29)30/h7-14H,6H2,1-5H3/t14-/m1/s1. The van der Waals surface area contributed by atoms with Crippen LogP contribution < -0.4 is 15.0 Å². The zero-order valence-corrected chi connectivity index (χ0v) is 22.6. The van der Waals surface area contributed by atoms with Crippen molar-refractivity contribution in [3.8, 4) is 11.5 Å². The molecule has 0 aliphatic heterocycles. The first-order valence-corrected chi connectivity index (χ1v) is 12.2. The van der Waals surface area contributed by atoms with Crippen LogP contribution in [0.25, 0.3) is 10.9 Å². The number of ether oxygens (including phenoxy) is 3. The minimum Gasteiger partial charge on any atom is -0.493 e. The molecule has 0 aliphatic carbocycles. The maximum atomic E-state index is 13.2. The van der Waals surface area contributed by atoms with Crippen molar-refractivity contribution in [3.63, 3.8) is 0 Å². The van der Waals surface area contributed by atoms with Gasteiger partial charge in [0, 0.05) is 10.4 Å². The predicted molar refractivity (Wildman–Crippen MR) is 138 cm³/mol. The van der Waals surface area contributed by atoms with Gasteiger partial charge in [-0.1, -0.05) is 29.8 Å². The largest absolute Gasteiger partial charge is 0.493 e. The Bertz CT molecular complexity index is 1300. The molecule has 1 heterocycles. The summed E-state index contributed by atoms with van der Waals surface area (Å²) in [6.45, 7) is 7.50. The van der Waals surface area contributed by atoms with E-state index in [0.717, 1.165) is 4.47 Å². The Morgan fingerprint density at radius 3 is 2.59 bits per heavy atom. The summed E-state index contributed by atoms with van der Waals surface area (Å²) in [7, 11) is 1.50. The van der Waals surface area contributed by atoms with E-state index in [1.165, 1.54) is 11.8 Å². The first-order valence-electron chi connectivity index (χ1n) is 10.6. The van der Waals surface area contributed by atoms with Gasteiger partial charge in [-0.15, -0.1) is 0 Å². The first-order chi connectivity index (χ1) is 16.2. The Morgan fingerprint density at radius 2 is 1.94 bits per heavy atom. The molecule has 0 unspecified atom stereocenters. The lowest BCUT2D eigenvalue weighted by Gasteiger charge is -2.17. The van der Waals surface area contributed by atoms with Crippen LogP contribution in [0.2, 0.25) is 0 Å². The first kappa shape index (κ1) is 25.9. The number of rotatable bonds is 8.